The fourth-order valence-corrected chi connectivity index (χ4v) is 11.4. The van der Waals surface area contributed by atoms with Gasteiger partial charge in [-0.05, 0) is 107 Å². The molecule has 8 aliphatic rings. The van der Waals surface area contributed by atoms with Crippen molar-refractivity contribution in [1.29, 1.82) is 0 Å². The summed E-state index contributed by atoms with van der Waals surface area (Å²) >= 11 is 2.25. The van der Waals surface area contributed by atoms with Gasteiger partial charge >= 0.3 is 24.1 Å². The molecule has 4 atom stereocenters. The van der Waals surface area contributed by atoms with Crippen molar-refractivity contribution in [3.05, 3.63) is 119 Å². The Morgan fingerprint density at radius 3 is 1.40 bits per heavy atom. The van der Waals surface area contributed by atoms with Crippen molar-refractivity contribution in [2.24, 2.45) is 0 Å². The number of halogens is 1. The number of anilines is 1. The number of carbonyl (C=O) groups excluding carboxylic acids is 8. The van der Waals surface area contributed by atoms with Gasteiger partial charge in [0.1, 0.15) is 23.2 Å². The summed E-state index contributed by atoms with van der Waals surface area (Å²) in [6, 6.07) is 6.37. The number of aromatic nitrogens is 8. The Hall–Kier alpha value is -8.59. The van der Waals surface area contributed by atoms with Crippen LogP contribution >= 0.6 is 22.6 Å². The van der Waals surface area contributed by atoms with E-state index in [9.17, 15) is 43.6 Å². The predicted molar refractivity (Wildman–Crippen MR) is 341 cm³/mol. The highest BCUT2D eigenvalue weighted by molar-refractivity contribution is 14.1. The molecule has 0 aliphatic carbocycles. The maximum Gasteiger partial charge on any atom is 0.345 e. The highest BCUT2D eigenvalue weighted by atomic mass is 127. The number of rotatable bonds is 19. The van der Waals surface area contributed by atoms with Gasteiger partial charge < -0.3 is 34.7 Å². The van der Waals surface area contributed by atoms with Crippen molar-refractivity contribution < 1.29 is 58.1 Å². The van der Waals surface area contributed by atoms with E-state index in [1.165, 1.54) is 54.1 Å². The predicted octanol–water partition coefficient (Wildman–Crippen LogP) is 3.90. The Morgan fingerprint density at radius 2 is 1.01 bits per heavy atom. The third-order valence-electron chi connectivity index (χ3n) is 15.0. The second-order valence-corrected chi connectivity index (χ2v) is 23.5. The minimum Gasteiger partial charge on any atom is -0.336 e. The van der Waals surface area contributed by atoms with Gasteiger partial charge in [-0.1, -0.05) is 12.2 Å². The molecule has 8 bridgehead atoms. The fraction of sp³-hybridized carbons (Fsp3) is 0.467. The van der Waals surface area contributed by atoms with E-state index in [0.29, 0.717) is 83.3 Å². The third-order valence-corrected chi connectivity index (χ3v) is 15.7. The molecule has 12 heterocycles. The molecular formula is C60H82IN18O11+. The van der Waals surface area contributed by atoms with Crippen LogP contribution in [0.5, 0.6) is 0 Å². The number of nitrogens with zero attached hydrogens (tertiary/aromatic N) is 15. The first kappa shape index (κ1) is 68.9. The monoisotopic (exact) mass is 1360 g/mol. The van der Waals surface area contributed by atoms with Gasteiger partial charge in [0.05, 0.1) is 143 Å². The lowest BCUT2D eigenvalue weighted by molar-refractivity contribution is -0.894. The molecule has 4 aromatic heterocycles. The number of nitrogens with one attached hydrogen (secondary N) is 3. The number of ketones is 3. The van der Waals surface area contributed by atoms with E-state index < -0.39 is 0 Å². The number of fused-ring (bicyclic) bond motifs is 8. The van der Waals surface area contributed by atoms with Crippen LogP contribution in [0.1, 0.15) is 65.5 Å². The van der Waals surface area contributed by atoms with Crippen LogP contribution in [-0.4, -0.2) is 248 Å². The lowest BCUT2D eigenvalue weighted by Gasteiger charge is -2.21. The average molecular weight is 1360 g/mol. The molecule has 4 N–H and O–H groups in total. The van der Waals surface area contributed by atoms with Crippen LogP contribution in [0.25, 0.3) is 17.1 Å². The molecule has 30 heteroatoms. The Balaban J connectivity index is 0.000000159. The zero-order valence-electron chi connectivity index (χ0n) is 52.2. The summed E-state index contributed by atoms with van der Waals surface area (Å²) < 4.78 is 6.34. The van der Waals surface area contributed by atoms with Crippen LogP contribution in [0.2, 0.25) is 0 Å². The number of likely N-dealkylation sites (N-methyl/N-ethyl adjacent to an activating group) is 1. The van der Waals surface area contributed by atoms with Crippen molar-refractivity contribution in [3.8, 4) is 0 Å². The molecule has 12 rings (SSSR count). The first-order valence-corrected chi connectivity index (χ1v) is 30.7. The molecule has 4 unspecified atom stereocenters. The molecule has 9 amide bonds. The van der Waals surface area contributed by atoms with E-state index in [4.69, 9.17) is 9.68 Å². The van der Waals surface area contributed by atoms with Gasteiger partial charge in [0, 0.05) is 68.4 Å². The van der Waals surface area contributed by atoms with Gasteiger partial charge in [0.25, 0.3) is 0 Å². The highest BCUT2D eigenvalue weighted by Crippen LogP contribution is 2.30. The molecule has 90 heavy (non-hydrogen) atoms. The van der Waals surface area contributed by atoms with Crippen molar-refractivity contribution in [2.45, 2.75) is 91.9 Å². The number of hydrogen-bond donors (Lipinski definition) is 4. The molecular weight excluding hydrogens is 1280 g/mol. The van der Waals surface area contributed by atoms with E-state index in [1.807, 2.05) is 48.6 Å². The van der Waals surface area contributed by atoms with Crippen LogP contribution in [0.15, 0.2) is 102 Å². The quantitative estimate of drug-likeness (QED) is 0.0588. The molecule has 484 valence electrons. The largest absolute Gasteiger partial charge is 0.345 e. The summed E-state index contributed by atoms with van der Waals surface area (Å²) in [6.45, 7) is 29.1. The number of hydrogen-bond acceptors (Lipinski definition) is 15. The Labute approximate surface area is 536 Å². The second-order valence-electron chi connectivity index (χ2n) is 22.1. The van der Waals surface area contributed by atoms with Crippen molar-refractivity contribution in [3.63, 3.8) is 0 Å². The number of quaternary nitrogens is 1. The Bertz CT molecular complexity index is 3250. The first-order valence-electron chi connectivity index (χ1n) is 29.7. The zero-order chi connectivity index (χ0) is 65.3. The number of H-pyrrole nitrogens is 1. The lowest BCUT2D eigenvalue weighted by Crippen LogP contribution is -3.11. The van der Waals surface area contributed by atoms with E-state index in [2.05, 4.69) is 99.5 Å². The molecule has 0 saturated carbocycles. The van der Waals surface area contributed by atoms with Crippen LogP contribution in [0.4, 0.5) is 25.0 Å². The number of aromatic amines is 1. The molecule has 4 fully saturated rings. The fourth-order valence-electron chi connectivity index (χ4n) is 10.6. The Kier molecular flexibility index (Phi) is 24.7. The van der Waals surface area contributed by atoms with Gasteiger partial charge in [-0.25, -0.2) is 33.2 Å². The summed E-state index contributed by atoms with van der Waals surface area (Å²) in [5.74, 6) is 0.762. The van der Waals surface area contributed by atoms with Crippen molar-refractivity contribution >= 4 is 92.9 Å². The molecule has 8 aliphatic heterocycles. The van der Waals surface area contributed by atoms with Gasteiger partial charge in [-0.15, -0.1) is 13.2 Å². The SMILES string of the molecule is C=CCON1C(=O)N2CC(I)=CC1C2.C=CCON1C(=O)N2CC(n3ccc(CC(C)=O)n3)=CC1C2.CC(=O)Cc1ccn(C2=CC3CN(C2)C(=O)N3C)n1.CC(=O)Cc1ccn(C2=CC3CN(C2)C(=O)N3O)n1.CC(=O)Nc1ccn[nH]1.CC[NH+](CC)CC. The highest BCUT2D eigenvalue weighted by Gasteiger charge is 2.43. The molecule has 0 radical (unpaired) electrons. The smallest absolute Gasteiger partial charge is 0.336 e. The van der Waals surface area contributed by atoms with E-state index >= 15 is 0 Å². The van der Waals surface area contributed by atoms with Gasteiger partial charge in [-0.3, -0.25) is 39.2 Å². The Morgan fingerprint density at radius 1 is 0.611 bits per heavy atom. The van der Waals surface area contributed by atoms with Crippen LogP contribution in [-0.2, 0) is 48.1 Å². The molecule has 0 spiro atoms. The maximum atomic E-state index is 12.2. The van der Waals surface area contributed by atoms with Crippen molar-refractivity contribution in [1.82, 2.24) is 79.2 Å². The van der Waals surface area contributed by atoms with Crippen LogP contribution in [0.3, 0.4) is 0 Å². The van der Waals surface area contributed by atoms with E-state index in [1.54, 1.807) is 82.1 Å². The third kappa shape index (κ3) is 18.3. The number of Topliss-reactive ketones (excluding diaryl/α,β-unsaturated/α-hetero) is 3. The van der Waals surface area contributed by atoms with Crippen molar-refractivity contribution in [2.75, 3.05) is 97.6 Å². The summed E-state index contributed by atoms with van der Waals surface area (Å²) in [7, 11) is 1.82. The molecule has 0 aromatic carbocycles. The molecule has 4 aromatic rings. The number of amides is 9. The maximum absolute atomic E-state index is 12.2. The first-order chi connectivity index (χ1) is 43.0. The number of urea groups is 4. The van der Waals surface area contributed by atoms with E-state index in [-0.39, 0.29) is 71.5 Å². The van der Waals surface area contributed by atoms with Gasteiger partial charge in [-0.2, -0.15) is 35.6 Å². The standard InChI is InChI=1S/C15H18N4O3.C13H16N4O2.C12H14N4O3.C9H11IN2O2.C6H15N.C5H7N3O/c1-3-6-22-19-14-8-13(9-17(10-14)15(19)21)18-5-4-12(16-18)7-11(2)20;1-9(18)5-10-3-4-17(14-10)12-6-11-7-16(8-12)13(19)15(11)2;1-8(17)4-9-2-3-15(13-9)10-5-11-7-14(6-10)12(18)16(11)19;1-2-3-14-12-8-4-7(10)5-11(6-8)9(12)13;1-4-7(5-2)6-3;1-4(9)7-5-2-3-6-8-5/h3-5,8,14H,1,6-7,9-10H2,2H3;3-4,6,11H,5,7-8H2,1-2H3;2-3,5,11,19H,4,6-7H2,1H3;2,4,8H,1,3,5-6H2;4-6H2,1-3H3;2-3H,1H3,(H2,6,7,8,9)/p+1. The molecule has 4 saturated heterocycles. The normalized spacial score (nSPS) is 19.9. The van der Waals surface area contributed by atoms with E-state index in [0.717, 1.165) is 46.6 Å². The number of carbonyl (C=O) groups is 8. The zero-order valence-corrected chi connectivity index (χ0v) is 54.4. The van der Waals surface area contributed by atoms with Gasteiger partial charge in [0.2, 0.25) is 5.91 Å². The second kappa shape index (κ2) is 32.2. The lowest BCUT2D eigenvalue weighted by atomic mass is 10.2. The van der Waals surface area contributed by atoms with Crippen LogP contribution in [0, 0.1) is 0 Å². The summed E-state index contributed by atoms with van der Waals surface area (Å²) in [5.41, 5.74) is 4.92. The minimum absolute atomic E-state index is 0.0419. The summed E-state index contributed by atoms with van der Waals surface area (Å²) in [5, 5.41) is 35.0. The number of hydroxylamine groups is 6. The van der Waals surface area contributed by atoms with Crippen LogP contribution < -0.4 is 10.2 Å². The minimum atomic E-state index is -0.382. The van der Waals surface area contributed by atoms with Gasteiger partial charge in [0.15, 0.2) is 0 Å². The summed E-state index contributed by atoms with van der Waals surface area (Å²) in [4.78, 5) is 112. The summed E-state index contributed by atoms with van der Waals surface area (Å²) in [6.07, 6.45) is 19.2. The molecule has 29 nitrogen and oxygen atoms in total. The topological polar surface area (TPSA) is 300 Å². The average Bonchev–Trinajstić information content (AvgIpc) is 1.86.